The molecule has 1 amide bonds. The second-order valence-electron chi connectivity index (χ2n) is 7.89. The summed E-state index contributed by atoms with van der Waals surface area (Å²) in [5.74, 6) is -0.164. The van der Waals surface area contributed by atoms with Crippen LogP contribution >= 0.6 is 34.8 Å². The Balaban J connectivity index is 1.40. The summed E-state index contributed by atoms with van der Waals surface area (Å²) in [6, 6.07) is 7.77. The zero-order chi connectivity index (χ0) is 24.5. The minimum atomic E-state index is -4.54. The molecule has 12 heteroatoms. The van der Waals surface area contributed by atoms with Crippen LogP contribution in [-0.4, -0.2) is 34.0 Å². The smallest absolute Gasteiger partial charge is 0.338 e. The molecule has 0 aliphatic carbocycles. The van der Waals surface area contributed by atoms with E-state index < -0.39 is 23.6 Å². The Hall–Kier alpha value is -2.33. The number of likely N-dealkylation sites (tertiary alicyclic amines) is 1. The fourth-order valence-electron chi connectivity index (χ4n) is 3.74. The molecule has 1 saturated heterocycles. The van der Waals surface area contributed by atoms with Crippen LogP contribution in [0.25, 0.3) is 11.4 Å². The molecule has 1 aliphatic rings. The molecule has 3 aromatic rings. The normalized spacial score (nSPS) is 17.1. The minimum absolute atomic E-state index is 0.0354. The summed E-state index contributed by atoms with van der Waals surface area (Å²) < 4.78 is 44.4. The van der Waals surface area contributed by atoms with Crippen LogP contribution in [0.5, 0.6) is 0 Å². The van der Waals surface area contributed by atoms with Gasteiger partial charge in [-0.05, 0) is 55.8 Å². The van der Waals surface area contributed by atoms with Gasteiger partial charge in [-0.25, -0.2) is 0 Å². The first-order chi connectivity index (χ1) is 16.1. The third-order valence-corrected chi connectivity index (χ3v) is 6.30. The van der Waals surface area contributed by atoms with Crippen LogP contribution < -0.4 is 5.32 Å². The van der Waals surface area contributed by atoms with Crippen LogP contribution in [0.1, 0.15) is 24.3 Å². The highest BCUT2D eigenvalue weighted by Gasteiger charge is 2.32. The summed E-state index contributed by atoms with van der Waals surface area (Å²) in [4.78, 5) is 19.1. The van der Waals surface area contributed by atoms with Crippen LogP contribution in [0.15, 0.2) is 40.9 Å². The van der Waals surface area contributed by atoms with Crippen LogP contribution in [0, 0.1) is 5.92 Å². The van der Waals surface area contributed by atoms with Crippen molar-refractivity contribution < 1.29 is 22.5 Å². The molecule has 6 nitrogen and oxygen atoms in total. The van der Waals surface area contributed by atoms with Crippen molar-refractivity contribution in [1.29, 1.82) is 0 Å². The van der Waals surface area contributed by atoms with Crippen molar-refractivity contribution in [2.45, 2.75) is 25.6 Å². The van der Waals surface area contributed by atoms with Gasteiger partial charge in [0.25, 0.3) is 0 Å². The maximum absolute atomic E-state index is 13.0. The van der Waals surface area contributed by atoms with E-state index in [1.54, 1.807) is 18.2 Å². The van der Waals surface area contributed by atoms with Gasteiger partial charge in [-0.3, -0.25) is 9.69 Å². The number of carbonyl (C=O) groups is 1. The van der Waals surface area contributed by atoms with Gasteiger partial charge in [-0.1, -0.05) is 40.0 Å². The van der Waals surface area contributed by atoms with Gasteiger partial charge >= 0.3 is 6.18 Å². The van der Waals surface area contributed by atoms with E-state index in [0.717, 1.165) is 24.6 Å². The predicted molar refractivity (Wildman–Crippen MR) is 123 cm³/mol. The molecular weight excluding hydrogens is 516 g/mol. The first-order valence-electron chi connectivity index (χ1n) is 10.3. The number of rotatable bonds is 5. The molecule has 1 fully saturated rings. The zero-order valence-electron chi connectivity index (χ0n) is 17.5. The molecule has 2 heterocycles. The number of amides is 1. The molecule has 1 atom stereocenters. The van der Waals surface area contributed by atoms with E-state index >= 15 is 0 Å². The summed E-state index contributed by atoms with van der Waals surface area (Å²) in [6.07, 6.45) is -3.22. The summed E-state index contributed by atoms with van der Waals surface area (Å²) in [5, 5.41) is 7.42. The SMILES string of the molecule is O=C(Nc1cc(C(F)(F)F)ccc1Cl)C1CCCN(Cc2nc(-c3ccc(Cl)cc3Cl)no2)C1. The average Bonchev–Trinajstić information content (AvgIpc) is 3.22. The Bertz CT molecular complexity index is 1200. The molecule has 0 saturated carbocycles. The quantitative estimate of drug-likeness (QED) is 0.402. The van der Waals surface area contributed by atoms with Gasteiger partial charge in [0, 0.05) is 17.1 Å². The van der Waals surface area contributed by atoms with Gasteiger partial charge in [0.1, 0.15) is 0 Å². The van der Waals surface area contributed by atoms with Crippen molar-refractivity contribution in [3.63, 3.8) is 0 Å². The Morgan fingerprint density at radius 2 is 1.94 bits per heavy atom. The van der Waals surface area contributed by atoms with Gasteiger partial charge in [-0.15, -0.1) is 0 Å². The Morgan fingerprint density at radius 1 is 1.15 bits per heavy atom. The lowest BCUT2D eigenvalue weighted by Gasteiger charge is -2.31. The van der Waals surface area contributed by atoms with E-state index in [1.165, 1.54) is 0 Å². The third kappa shape index (κ3) is 5.83. The Labute approximate surface area is 208 Å². The topological polar surface area (TPSA) is 71.3 Å². The van der Waals surface area contributed by atoms with Crippen molar-refractivity contribution in [3.05, 3.63) is 62.9 Å². The fraction of sp³-hybridized carbons (Fsp3) is 0.318. The van der Waals surface area contributed by atoms with Crippen LogP contribution in [0.3, 0.4) is 0 Å². The summed E-state index contributed by atoms with van der Waals surface area (Å²) in [5.41, 5.74) is -0.375. The molecule has 0 spiro atoms. The molecule has 4 rings (SSSR count). The van der Waals surface area contributed by atoms with Crippen molar-refractivity contribution in [2.24, 2.45) is 5.92 Å². The van der Waals surface area contributed by atoms with Gasteiger partial charge in [0.15, 0.2) is 0 Å². The standard InChI is InChI=1S/C22H18Cl3F3N4O2/c23-14-4-5-15(17(25)9-14)20-30-19(34-31-20)11-32-7-1-2-12(10-32)21(33)29-18-8-13(22(26,27)28)3-6-16(18)24/h3-6,8-9,12H,1-2,7,10-11H2,(H,29,33). The maximum Gasteiger partial charge on any atom is 0.416 e. The highest BCUT2D eigenvalue weighted by Crippen LogP contribution is 2.34. The molecule has 1 N–H and O–H groups in total. The molecule has 1 aromatic heterocycles. The van der Waals surface area contributed by atoms with Crippen LogP contribution in [0.4, 0.5) is 18.9 Å². The van der Waals surface area contributed by atoms with Gasteiger partial charge in [0.2, 0.25) is 17.6 Å². The van der Waals surface area contributed by atoms with E-state index in [0.29, 0.717) is 53.4 Å². The second kappa shape index (κ2) is 10.1. The first kappa shape index (κ1) is 24.8. The number of piperidine rings is 1. The van der Waals surface area contributed by atoms with E-state index in [-0.39, 0.29) is 10.7 Å². The molecular formula is C22H18Cl3F3N4O2. The van der Waals surface area contributed by atoms with E-state index in [1.807, 2.05) is 4.90 Å². The van der Waals surface area contributed by atoms with Gasteiger partial charge in [-0.2, -0.15) is 18.2 Å². The fourth-order valence-corrected chi connectivity index (χ4v) is 4.39. The number of hydrogen-bond donors (Lipinski definition) is 1. The first-order valence-corrected chi connectivity index (χ1v) is 11.4. The van der Waals surface area contributed by atoms with Gasteiger partial charge in [0.05, 0.1) is 33.8 Å². The Morgan fingerprint density at radius 3 is 2.68 bits per heavy atom. The number of aromatic nitrogens is 2. The van der Waals surface area contributed by atoms with E-state index in [4.69, 9.17) is 39.3 Å². The number of nitrogens with zero attached hydrogens (tertiary/aromatic N) is 3. The molecule has 0 bridgehead atoms. The largest absolute Gasteiger partial charge is 0.416 e. The summed E-state index contributed by atoms with van der Waals surface area (Å²) in [7, 11) is 0. The number of benzene rings is 2. The molecule has 1 aliphatic heterocycles. The summed E-state index contributed by atoms with van der Waals surface area (Å²) in [6.45, 7) is 1.39. The average molecular weight is 534 g/mol. The molecule has 2 aromatic carbocycles. The molecule has 34 heavy (non-hydrogen) atoms. The van der Waals surface area contributed by atoms with Crippen molar-refractivity contribution >= 4 is 46.4 Å². The molecule has 1 unspecified atom stereocenters. The maximum atomic E-state index is 13.0. The van der Waals surface area contributed by atoms with E-state index in [2.05, 4.69) is 15.5 Å². The van der Waals surface area contributed by atoms with Gasteiger partial charge < -0.3 is 9.84 Å². The van der Waals surface area contributed by atoms with Crippen LogP contribution in [0.2, 0.25) is 15.1 Å². The van der Waals surface area contributed by atoms with Crippen molar-refractivity contribution in [2.75, 3.05) is 18.4 Å². The second-order valence-corrected chi connectivity index (χ2v) is 9.14. The summed E-state index contributed by atoms with van der Waals surface area (Å²) >= 11 is 18.1. The lowest BCUT2D eigenvalue weighted by atomic mass is 9.97. The minimum Gasteiger partial charge on any atom is -0.338 e. The highest BCUT2D eigenvalue weighted by molar-refractivity contribution is 6.36. The molecule has 180 valence electrons. The predicted octanol–water partition coefficient (Wildman–Crippen LogP) is 6.57. The number of halogens is 6. The number of nitrogens with one attached hydrogen (secondary N) is 1. The number of carbonyl (C=O) groups excluding carboxylic acids is 1. The number of alkyl halides is 3. The number of hydrogen-bond acceptors (Lipinski definition) is 5. The lowest BCUT2D eigenvalue weighted by molar-refractivity contribution is -0.137. The monoisotopic (exact) mass is 532 g/mol. The Kier molecular flexibility index (Phi) is 7.37. The zero-order valence-corrected chi connectivity index (χ0v) is 19.8. The highest BCUT2D eigenvalue weighted by atomic mass is 35.5. The van der Waals surface area contributed by atoms with E-state index in [9.17, 15) is 18.0 Å². The number of anilines is 1. The van der Waals surface area contributed by atoms with Crippen molar-refractivity contribution in [3.8, 4) is 11.4 Å². The third-order valence-electron chi connectivity index (χ3n) is 5.43. The lowest BCUT2D eigenvalue weighted by Crippen LogP contribution is -2.40. The van der Waals surface area contributed by atoms with Crippen molar-refractivity contribution in [1.82, 2.24) is 15.0 Å². The molecule has 0 radical (unpaired) electrons. The van der Waals surface area contributed by atoms with Crippen LogP contribution in [-0.2, 0) is 17.5 Å².